The molecule has 0 saturated heterocycles. The third kappa shape index (κ3) is 6.06. The molecule has 2 aromatic heterocycles. The van der Waals surface area contributed by atoms with Crippen molar-refractivity contribution in [1.29, 1.82) is 0 Å². The molecule has 1 fully saturated rings. The van der Waals surface area contributed by atoms with Crippen molar-refractivity contribution < 1.29 is 31.8 Å². The van der Waals surface area contributed by atoms with Crippen molar-refractivity contribution in [3.63, 3.8) is 0 Å². The molecule has 2 heterocycles. The quantitative estimate of drug-likeness (QED) is 0.253. The van der Waals surface area contributed by atoms with E-state index in [2.05, 4.69) is 9.97 Å². The van der Waals surface area contributed by atoms with Crippen LogP contribution in [0.5, 0.6) is 11.8 Å². The number of fused-ring (bicyclic) bond motifs is 3. The maximum absolute atomic E-state index is 14.6. The summed E-state index contributed by atoms with van der Waals surface area (Å²) < 4.78 is 53.8. The predicted molar refractivity (Wildman–Crippen MR) is 143 cm³/mol. The van der Waals surface area contributed by atoms with Crippen LogP contribution < -0.4 is 9.47 Å². The monoisotopic (exact) mass is 554 g/mol. The Hall–Kier alpha value is -3.53. The van der Waals surface area contributed by atoms with Gasteiger partial charge in [-0.25, -0.2) is 22.8 Å². The Morgan fingerprint density at radius 2 is 1.87 bits per heavy atom. The Morgan fingerprint density at radius 3 is 2.62 bits per heavy atom. The zero-order valence-electron chi connectivity index (χ0n) is 22.1. The van der Waals surface area contributed by atoms with E-state index in [1.807, 2.05) is 19.9 Å². The van der Waals surface area contributed by atoms with E-state index < -0.39 is 9.84 Å². The largest absolute Gasteiger partial charge is 0.478 e. The molecule has 0 radical (unpaired) electrons. The number of hydrogen-bond donors (Lipinski definition) is 0. The number of ether oxygens (including phenoxy) is 3. The van der Waals surface area contributed by atoms with Gasteiger partial charge in [-0.3, -0.25) is 4.79 Å². The van der Waals surface area contributed by atoms with Crippen LogP contribution in [-0.4, -0.2) is 49.6 Å². The second-order valence-electron chi connectivity index (χ2n) is 10.2. The zero-order chi connectivity index (χ0) is 27.7. The number of benzene rings is 1. The number of rotatable bonds is 11. The van der Waals surface area contributed by atoms with Crippen molar-refractivity contribution in [1.82, 2.24) is 9.97 Å². The fourth-order valence-corrected chi connectivity index (χ4v) is 5.96. The number of nitrogens with zero attached hydrogens (tertiary/aromatic N) is 2. The minimum absolute atomic E-state index is 0.0117. The molecule has 2 aliphatic rings. The third-order valence-electron chi connectivity index (χ3n) is 7.27. The van der Waals surface area contributed by atoms with Gasteiger partial charge < -0.3 is 14.2 Å². The number of sulfone groups is 1. The van der Waals surface area contributed by atoms with Crippen LogP contribution in [-0.2, 0) is 32.4 Å². The topological polar surface area (TPSA) is 105 Å². The third-order valence-corrected chi connectivity index (χ3v) is 8.30. The summed E-state index contributed by atoms with van der Waals surface area (Å²) in [5.41, 5.74) is 5.08. The Kier molecular flexibility index (Phi) is 7.57. The molecule has 5 rings (SSSR count). The molecule has 3 atom stereocenters. The summed E-state index contributed by atoms with van der Waals surface area (Å²) in [5.74, 6) is 0.749. The lowest BCUT2D eigenvalue weighted by Gasteiger charge is -2.13. The Bertz CT molecular complexity index is 1510. The minimum atomic E-state index is -3.03. The van der Waals surface area contributed by atoms with Crippen molar-refractivity contribution in [3.05, 3.63) is 70.8 Å². The summed E-state index contributed by atoms with van der Waals surface area (Å²) in [4.78, 5) is 20.8. The van der Waals surface area contributed by atoms with Crippen LogP contribution in [0.25, 0.3) is 11.1 Å². The van der Waals surface area contributed by atoms with Crippen molar-refractivity contribution in [2.75, 3.05) is 25.2 Å². The molecule has 1 saturated carbocycles. The molecule has 0 aliphatic heterocycles. The van der Waals surface area contributed by atoms with Gasteiger partial charge in [0.05, 0.1) is 24.9 Å². The van der Waals surface area contributed by atoms with Crippen LogP contribution in [0.4, 0.5) is 4.39 Å². The lowest BCUT2D eigenvalue weighted by Crippen LogP contribution is -2.11. The predicted octanol–water partition coefficient (Wildman–Crippen LogP) is 4.43. The molecule has 0 amide bonds. The number of esters is 1. The van der Waals surface area contributed by atoms with Gasteiger partial charge in [-0.05, 0) is 67.0 Å². The molecular formula is C29H31FN2O6S. The Morgan fingerprint density at radius 1 is 1.10 bits per heavy atom. The Balaban J connectivity index is 1.22. The van der Waals surface area contributed by atoms with Gasteiger partial charge in [0.25, 0.3) is 0 Å². The fourth-order valence-electron chi connectivity index (χ4n) is 5.32. The van der Waals surface area contributed by atoms with E-state index in [0.717, 1.165) is 34.2 Å². The highest BCUT2D eigenvalue weighted by Gasteiger charge is 2.60. The van der Waals surface area contributed by atoms with E-state index in [9.17, 15) is 17.6 Å². The summed E-state index contributed by atoms with van der Waals surface area (Å²) >= 11 is 0. The zero-order valence-corrected chi connectivity index (χ0v) is 23.0. The van der Waals surface area contributed by atoms with Crippen molar-refractivity contribution in [3.8, 4) is 22.9 Å². The van der Waals surface area contributed by atoms with Gasteiger partial charge in [0.2, 0.25) is 11.8 Å². The highest BCUT2D eigenvalue weighted by molar-refractivity contribution is 7.90. The number of hydrogen-bond acceptors (Lipinski definition) is 8. The summed E-state index contributed by atoms with van der Waals surface area (Å²) in [5, 5.41) is 0. The summed E-state index contributed by atoms with van der Waals surface area (Å²) in [6, 6.07) is 8.49. The molecule has 0 spiro atoms. The number of carbonyl (C=O) groups excluding carboxylic acids is 1. The van der Waals surface area contributed by atoms with Crippen LogP contribution >= 0.6 is 0 Å². The summed E-state index contributed by atoms with van der Waals surface area (Å²) in [7, 11) is -3.03. The van der Waals surface area contributed by atoms with E-state index in [-0.39, 0.29) is 48.5 Å². The van der Waals surface area contributed by atoms with Gasteiger partial charge >= 0.3 is 5.97 Å². The molecule has 39 heavy (non-hydrogen) atoms. The highest BCUT2D eigenvalue weighted by Crippen LogP contribution is 2.61. The van der Waals surface area contributed by atoms with E-state index >= 15 is 0 Å². The first kappa shape index (κ1) is 27.1. The number of aryl methyl sites for hydroxylation is 1. The second kappa shape index (κ2) is 10.9. The first-order valence-electron chi connectivity index (χ1n) is 13.0. The second-order valence-corrected chi connectivity index (χ2v) is 12.4. The SMILES string of the molecule is CCOC(=O)C1C2Cc3cc(OCc4cc(-c5cnc(OCCCS(C)(=O)=O)cc5C)ccc4F)ncc3C21. The Labute approximate surface area is 227 Å². The first-order valence-corrected chi connectivity index (χ1v) is 15.0. The van der Waals surface area contributed by atoms with Crippen molar-refractivity contribution in [2.45, 2.75) is 39.2 Å². The van der Waals surface area contributed by atoms with Crippen LogP contribution in [0.15, 0.2) is 42.7 Å². The first-order chi connectivity index (χ1) is 18.6. The minimum Gasteiger partial charge on any atom is -0.478 e. The van der Waals surface area contributed by atoms with Crippen molar-refractivity contribution >= 4 is 15.8 Å². The lowest BCUT2D eigenvalue weighted by atomic mass is 10.0. The molecule has 3 aromatic rings. The number of aromatic nitrogens is 2. The maximum atomic E-state index is 14.6. The molecule has 206 valence electrons. The van der Waals surface area contributed by atoms with Gasteiger partial charge in [-0.1, -0.05) is 6.07 Å². The molecule has 10 heteroatoms. The maximum Gasteiger partial charge on any atom is 0.309 e. The van der Waals surface area contributed by atoms with Gasteiger partial charge in [0, 0.05) is 47.8 Å². The summed E-state index contributed by atoms with van der Waals surface area (Å²) in [6.45, 7) is 4.37. The van der Waals surface area contributed by atoms with Gasteiger partial charge in [-0.2, -0.15) is 0 Å². The summed E-state index contributed by atoms with van der Waals surface area (Å²) in [6.07, 6.45) is 5.80. The van der Waals surface area contributed by atoms with Gasteiger partial charge in [-0.15, -0.1) is 0 Å². The number of halogens is 1. The van der Waals surface area contributed by atoms with Crippen LogP contribution in [0.2, 0.25) is 0 Å². The van der Waals surface area contributed by atoms with Crippen LogP contribution in [0.3, 0.4) is 0 Å². The van der Waals surface area contributed by atoms with E-state index in [1.165, 1.54) is 12.3 Å². The molecule has 0 bridgehead atoms. The van der Waals surface area contributed by atoms with E-state index in [0.29, 0.717) is 30.4 Å². The normalized spacial score (nSPS) is 19.2. The molecule has 3 unspecified atom stereocenters. The fraction of sp³-hybridized carbons (Fsp3) is 0.414. The standard InChI is InChI=1S/C29H31FN2O6S/c1-4-36-29(33)28-21-12-19-13-26(32-15-23(19)27(21)28)38-16-20-11-18(6-7-24(20)30)22-14-31-25(10-17(22)2)37-8-5-9-39(3,34)35/h6-7,10-11,13-15,21,27-28H,4-5,8-9,12,16H2,1-3H3. The van der Waals surface area contributed by atoms with E-state index in [4.69, 9.17) is 14.2 Å². The molecular weight excluding hydrogens is 523 g/mol. The smallest absolute Gasteiger partial charge is 0.309 e. The molecule has 0 N–H and O–H groups in total. The number of carbonyl (C=O) groups is 1. The molecule has 1 aromatic carbocycles. The van der Waals surface area contributed by atoms with Crippen LogP contribution in [0.1, 0.15) is 41.5 Å². The lowest BCUT2D eigenvalue weighted by molar-refractivity contribution is -0.145. The number of pyridine rings is 2. The van der Waals surface area contributed by atoms with Crippen molar-refractivity contribution in [2.24, 2.45) is 11.8 Å². The van der Waals surface area contributed by atoms with Gasteiger partial charge in [0.15, 0.2) is 0 Å². The van der Waals surface area contributed by atoms with Crippen LogP contribution in [0, 0.1) is 24.6 Å². The molecule has 8 nitrogen and oxygen atoms in total. The average molecular weight is 555 g/mol. The highest BCUT2D eigenvalue weighted by atomic mass is 32.2. The average Bonchev–Trinajstić information content (AvgIpc) is 3.47. The van der Waals surface area contributed by atoms with Gasteiger partial charge in [0.1, 0.15) is 22.3 Å². The molecule has 2 aliphatic carbocycles. The van der Waals surface area contributed by atoms with E-state index in [1.54, 1.807) is 30.6 Å².